The Labute approximate surface area is 155 Å². The highest BCUT2D eigenvalue weighted by atomic mass is 35.5. The Balaban J connectivity index is 1.91. The molecule has 1 aliphatic heterocycles. The van der Waals surface area contributed by atoms with Crippen molar-refractivity contribution in [2.45, 2.75) is 19.4 Å². The molecule has 0 N–H and O–H groups in total. The van der Waals surface area contributed by atoms with Crippen LogP contribution >= 0.6 is 23.2 Å². The zero-order valence-electron chi connectivity index (χ0n) is 13.4. The number of likely N-dealkylation sites (tertiary alicyclic amines) is 1. The average molecular weight is 373 g/mol. The number of hydrogen-bond acceptors (Lipinski definition) is 3. The first kappa shape index (κ1) is 17.5. The number of benzene rings is 1. The van der Waals surface area contributed by atoms with Crippen LogP contribution in [-0.4, -0.2) is 28.1 Å². The van der Waals surface area contributed by atoms with Gasteiger partial charge in [0, 0.05) is 27.4 Å². The number of carbonyl (C=O) groups is 2. The summed E-state index contributed by atoms with van der Waals surface area (Å²) >= 11 is 12.6. The van der Waals surface area contributed by atoms with Gasteiger partial charge in [0.2, 0.25) is 5.91 Å². The second kappa shape index (κ2) is 7.26. The molecule has 1 fully saturated rings. The van der Waals surface area contributed by atoms with Crippen LogP contribution in [-0.2, 0) is 16.1 Å². The molecule has 3 rings (SSSR count). The van der Waals surface area contributed by atoms with Crippen molar-refractivity contribution in [3.63, 3.8) is 0 Å². The van der Waals surface area contributed by atoms with Gasteiger partial charge in [0.1, 0.15) is 5.92 Å². The highest BCUT2D eigenvalue weighted by Crippen LogP contribution is 2.37. The molecule has 0 bridgehead atoms. The number of aromatic nitrogens is 1. The third kappa shape index (κ3) is 3.53. The molecule has 1 amide bonds. The van der Waals surface area contributed by atoms with Crippen LogP contribution in [0, 0.1) is 11.8 Å². The van der Waals surface area contributed by atoms with Gasteiger partial charge in [-0.1, -0.05) is 35.2 Å². The number of halogens is 2. The summed E-state index contributed by atoms with van der Waals surface area (Å²) in [5.74, 6) is 4.11. The molecule has 0 saturated carbocycles. The number of ketones is 1. The first-order chi connectivity index (χ1) is 12.0. The fourth-order valence-electron chi connectivity index (χ4n) is 2.86. The lowest BCUT2D eigenvalue weighted by Crippen LogP contribution is -2.26. The van der Waals surface area contributed by atoms with Crippen molar-refractivity contribution in [3.8, 4) is 11.8 Å². The van der Waals surface area contributed by atoms with Crippen LogP contribution in [0.2, 0.25) is 10.0 Å². The van der Waals surface area contributed by atoms with E-state index in [1.54, 1.807) is 31.3 Å². The quantitative estimate of drug-likeness (QED) is 0.612. The third-order valence-electron chi connectivity index (χ3n) is 3.94. The van der Waals surface area contributed by atoms with Crippen molar-refractivity contribution in [3.05, 3.63) is 63.4 Å². The Morgan fingerprint density at radius 2 is 1.96 bits per heavy atom. The molecule has 1 saturated heterocycles. The second-order valence-electron chi connectivity index (χ2n) is 5.64. The van der Waals surface area contributed by atoms with Crippen molar-refractivity contribution in [1.82, 2.24) is 9.88 Å². The summed E-state index contributed by atoms with van der Waals surface area (Å²) in [5.41, 5.74) is 1.71. The first-order valence-electron chi connectivity index (χ1n) is 7.64. The van der Waals surface area contributed by atoms with E-state index >= 15 is 0 Å². The van der Waals surface area contributed by atoms with E-state index in [4.69, 9.17) is 23.2 Å². The first-order valence-corrected chi connectivity index (χ1v) is 8.40. The molecule has 2 aromatic rings. The zero-order chi connectivity index (χ0) is 18.0. The molecule has 6 heteroatoms. The number of pyridine rings is 1. The van der Waals surface area contributed by atoms with Crippen LogP contribution in [0.4, 0.5) is 0 Å². The van der Waals surface area contributed by atoms with E-state index in [2.05, 4.69) is 16.8 Å². The highest BCUT2D eigenvalue weighted by molar-refractivity contribution is 6.37. The van der Waals surface area contributed by atoms with Gasteiger partial charge >= 0.3 is 0 Å². The standard InChI is InChI=1S/C19H14Cl2N2O2/c1-2-5-12-8-14(20)17(15(21)9-12)18-16(24)11-23(19(18)25)10-13-6-3-4-7-22-13/h3-4,6-9,18H,10-11H2,1H3. The van der Waals surface area contributed by atoms with Gasteiger partial charge in [-0.05, 0) is 31.2 Å². The second-order valence-corrected chi connectivity index (χ2v) is 6.46. The van der Waals surface area contributed by atoms with Gasteiger partial charge in [0.05, 0.1) is 18.8 Å². The zero-order valence-corrected chi connectivity index (χ0v) is 14.9. The van der Waals surface area contributed by atoms with Gasteiger partial charge in [-0.25, -0.2) is 0 Å². The predicted octanol–water partition coefficient (Wildman–Crippen LogP) is 3.45. The average Bonchev–Trinajstić information content (AvgIpc) is 2.83. The van der Waals surface area contributed by atoms with Crippen LogP contribution in [0.1, 0.15) is 29.7 Å². The van der Waals surface area contributed by atoms with Crippen LogP contribution in [0.25, 0.3) is 0 Å². The summed E-state index contributed by atoms with van der Waals surface area (Å²) in [6, 6.07) is 8.69. The Morgan fingerprint density at radius 3 is 2.56 bits per heavy atom. The van der Waals surface area contributed by atoms with E-state index in [1.807, 2.05) is 12.1 Å². The highest BCUT2D eigenvalue weighted by Gasteiger charge is 2.42. The van der Waals surface area contributed by atoms with Crippen molar-refractivity contribution in [1.29, 1.82) is 0 Å². The molecule has 1 aromatic carbocycles. The fraction of sp³-hybridized carbons (Fsp3) is 0.211. The number of amides is 1. The van der Waals surface area contributed by atoms with E-state index < -0.39 is 5.92 Å². The number of carbonyl (C=O) groups excluding carboxylic acids is 2. The Kier molecular flexibility index (Phi) is 5.08. The summed E-state index contributed by atoms with van der Waals surface area (Å²) < 4.78 is 0. The molecule has 25 heavy (non-hydrogen) atoms. The normalized spacial score (nSPS) is 16.8. The van der Waals surface area contributed by atoms with E-state index in [0.29, 0.717) is 11.1 Å². The topological polar surface area (TPSA) is 50.3 Å². The van der Waals surface area contributed by atoms with Gasteiger partial charge in [-0.15, -0.1) is 5.92 Å². The summed E-state index contributed by atoms with van der Waals surface area (Å²) in [6.07, 6.45) is 1.65. The minimum atomic E-state index is -0.979. The maximum Gasteiger partial charge on any atom is 0.238 e. The molecule has 1 aliphatic rings. The number of nitrogens with zero attached hydrogens (tertiary/aromatic N) is 2. The third-order valence-corrected chi connectivity index (χ3v) is 4.57. The van der Waals surface area contributed by atoms with Crippen LogP contribution < -0.4 is 0 Å². The number of hydrogen-bond donors (Lipinski definition) is 0. The number of Topliss-reactive ketones (excluding diaryl/α,β-unsaturated/α-hetero) is 1. The van der Waals surface area contributed by atoms with Gasteiger partial charge in [0.25, 0.3) is 0 Å². The van der Waals surface area contributed by atoms with E-state index in [9.17, 15) is 9.59 Å². The fourth-order valence-corrected chi connectivity index (χ4v) is 3.56. The molecule has 1 unspecified atom stereocenters. The van der Waals surface area contributed by atoms with Crippen LogP contribution in [0.5, 0.6) is 0 Å². The molecule has 0 spiro atoms. The monoisotopic (exact) mass is 372 g/mol. The largest absolute Gasteiger partial charge is 0.329 e. The molecule has 1 aromatic heterocycles. The van der Waals surface area contributed by atoms with E-state index in [1.165, 1.54) is 4.90 Å². The van der Waals surface area contributed by atoms with Gasteiger partial charge < -0.3 is 4.90 Å². The molecular formula is C19H14Cl2N2O2. The molecule has 4 nitrogen and oxygen atoms in total. The molecule has 0 aliphatic carbocycles. The van der Waals surface area contributed by atoms with Crippen molar-refractivity contribution in [2.75, 3.05) is 6.54 Å². The smallest absolute Gasteiger partial charge is 0.238 e. The Morgan fingerprint density at radius 1 is 1.24 bits per heavy atom. The lowest BCUT2D eigenvalue weighted by molar-refractivity contribution is -0.129. The van der Waals surface area contributed by atoms with E-state index in [-0.39, 0.29) is 34.8 Å². The molecular weight excluding hydrogens is 359 g/mol. The molecule has 1 atom stereocenters. The minimum Gasteiger partial charge on any atom is -0.329 e. The molecule has 0 radical (unpaired) electrons. The van der Waals surface area contributed by atoms with Crippen LogP contribution in [0.3, 0.4) is 0 Å². The lowest BCUT2D eigenvalue weighted by atomic mass is 9.95. The Hall–Kier alpha value is -2.35. The minimum absolute atomic E-state index is 0.0171. The van der Waals surface area contributed by atoms with Gasteiger partial charge in [-0.3, -0.25) is 14.6 Å². The molecule has 126 valence electrons. The summed E-state index contributed by atoms with van der Waals surface area (Å²) in [6.45, 7) is 2.00. The van der Waals surface area contributed by atoms with Crippen molar-refractivity contribution in [2.24, 2.45) is 0 Å². The van der Waals surface area contributed by atoms with Gasteiger partial charge in [-0.2, -0.15) is 0 Å². The Bertz CT molecular complexity index is 878. The summed E-state index contributed by atoms with van der Waals surface area (Å²) in [4.78, 5) is 30.9. The van der Waals surface area contributed by atoms with Crippen molar-refractivity contribution >= 4 is 34.9 Å². The van der Waals surface area contributed by atoms with Crippen molar-refractivity contribution < 1.29 is 9.59 Å². The summed E-state index contributed by atoms with van der Waals surface area (Å²) in [5, 5.41) is 0.549. The van der Waals surface area contributed by atoms with Gasteiger partial charge in [0.15, 0.2) is 5.78 Å². The molecule has 2 heterocycles. The maximum atomic E-state index is 12.8. The maximum absolute atomic E-state index is 12.8. The lowest BCUT2D eigenvalue weighted by Gasteiger charge is -2.16. The van der Waals surface area contributed by atoms with E-state index in [0.717, 1.165) is 5.69 Å². The predicted molar refractivity (Wildman–Crippen MR) is 96.4 cm³/mol. The summed E-state index contributed by atoms with van der Waals surface area (Å²) in [7, 11) is 0. The van der Waals surface area contributed by atoms with Crippen LogP contribution in [0.15, 0.2) is 36.5 Å². The number of rotatable bonds is 3. The SMILES string of the molecule is CC#Cc1cc(Cl)c(C2C(=O)CN(Cc3ccccn3)C2=O)c(Cl)c1.